The van der Waals surface area contributed by atoms with E-state index in [0.717, 1.165) is 11.3 Å². The third-order valence-electron chi connectivity index (χ3n) is 5.22. The van der Waals surface area contributed by atoms with Gasteiger partial charge in [0.15, 0.2) is 5.82 Å². The summed E-state index contributed by atoms with van der Waals surface area (Å²) in [5, 5.41) is 8.50. The van der Waals surface area contributed by atoms with E-state index >= 15 is 0 Å². The van der Waals surface area contributed by atoms with E-state index in [1.165, 1.54) is 18.3 Å². The van der Waals surface area contributed by atoms with E-state index in [1.807, 2.05) is 13.1 Å². The number of pyridine rings is 1. The van der Waals surface area contributed by atoms with E-state index in [-0.39, 0.29) is 29.3 Å². The number of hydrogen-bond donors (Lipinski definition) is 1. The fraction of sp³-hybridized carbons (Fsp3) is 0.227. The third-order valence-corrected chi connectivity index (χ3v) is 5.51. The topological polar surface area (TPSA) is 83.8 Å². The fourth-order valence-corrected chi connectivity index (χ4v) is 3.75. The van der Waals surface area contributed by atoms with Crippen LogP contribution in [0.2, 0.25) is 5.02 Å². The van der Waals surface area contributed by atoms with E-state index in [1.54, 1.807) is 40.1 Å². The van der Waals surface area contributed by atoms with Gasteiger partial charge < -0.3 is 10.5 Å². The molecule has 3 heterocycles. The lowest BCUT2D eigenvalue weighted by Gasteiger charge is -2.18. The first kappa shape index (κ1) is 22.8. The number of nitrogens with two attached hydrogens (primary N) is 1. The van der Waals surface area contributed by atoms with Crippen molar-refractivity contribution in [3.8, 4) is 22.4 Å². The molecular weight excluding hydrogens is 457 g/mol. The molecule has 2 N–H and O–H groups in total. The summed E-state index contributed by atoms with van der Waals surface area (Å²) in [7, 11) is 1.81. The third kappa shape index (κ3) is 4.86. The Hall–Kier alpha value is -3.37. The van der Waals surface area contributed by atoms with Crippen molar-refractivity contribution in [2.75, 3.05) is 12.3 Å². The Morgan fingerprint density at radius 1 is 1.09 bits per heavy atom. The van der Waals surface area contributed by atoms with Gasteiger partial charge in [0.05, 0.1) is 35.3 Å². The van der Waals surface area contributed by atoms with Crippen LogP contribution in [0.3, 0.4) is 0 Å². The van der Waals surface area contributed by atoms with Crippen LogP contribution in [0.4, 0.5) is 18.9 Å². The molecule has 0 saturated carbocycles. The zero-order valence-corrected chi connectivity index (χ0v) is 18.3. The van der Waals surface area contributed by atoms with Crippen molar-refractivity contribution >= 4 is 17.3 Å². The maximum Gasteiger partial charge on any atom is 0.345 e. The zero-order valence-electron chi connectivity index (χ0n) is 17.5. The molecule has 4 rings (SSSR count). The zero-order chi connectivity index (χ0) is 23.5. The van der Waals surface area contributed by atoms with Crippen molar-refractivity contribution < 1.29 is 17.9 Å². The number of nitrogen functional groups attached to an aromatic ring is 1. The monoisotopic (exact) mass is 476 g/mol. The first-order valence-corrected chi connectivity index (χ1v) is 10.3. The molecule has 0 bridgehead atoms. The second kappa shape index (κ2) is 9.63. The SMILES string of the molecule is Cn1nccc1-c1cnn(C(CCOC(F)F)c2ccc(-c3c(N)ccc(Cl)c3F)cn2)c1. The molecule has 11 heteroatoms. The highest BCUT2D eigenvalue weighted by Crippen LogP contribution is 2.33. The van der Waals surface area contributed by atoms with Gasteiger partial charge in [0.1, 0.15) is 0 Å². The maximum absolute atomic E-state index is 14.5. The first-order chi connectivity index (χ1) is 15.8. The Morgan fingerprint density at radius 2 is 1.91 bits per heavy atom. The number of benzene rings is 1. The average Bonchev–Trinajstić information content (AvgIpc) is 3.43. The predicted molar refractivity (Wildman–Crippen MR) is 118 cm³/mol. The lowest BCUT2D eigenvalue weighted by molar-refractivity contribution is -0.130. The highest BCUT2D eigenvalue weighted by molar-refractivity contribution is 6.31. The predicted octanol–water partition coefficient (Wildman–Crippen LogP) is 4.94. The first-order valence-electron chi connectivity index (χ1n) is 9.97. The van der Waals surface area contributed by atoms with Crippen molar-refractivity contribution in [3.05, 3.63) is 71.7 Å². The Bertz CT molecular complexity index is 1240. The largest absolute Gasteiger partial charge is 0.398 e. The smallest absolute Gasteiger partial charge is 0.345 e. The lowest BCUT2D eigenvalue weighted by Crippen LogP contribution is -2.16. The van der Waals surface area contributed by atoms with Crippen LogP contribution < -0.4 is 5.73 Å². The van der Waals surface area contributed by atoms with Gasteiger partial charge in [-0.15, -0.1) is 0 Å². The van der Waals surface area contributed by atoms with Crippen molar-refractivity contribution in [1.82, 2.24) is 24.5 Å². The van der Waals surface area contributed by atoms with Crippen LogP contribution >= 0.6 is 11.6 Å². The molecule has 1 unspecified atom stereocenters. The molecule has 172 valence electrons. The molecule has 4 aromatic rings. The normalized spacial score (nSPS) is 12.4. The van der Waals surface area contributed by atoms with Crippen molar-refractivity contribution in [3.63, 3.8) is 0 Å². The Labute approximate surface area is 192 Å². The number of ether oxygens (including phenoxy) is 1. The Balaban J connectivity index is 1.66. The number of anilines is 1. The van der Waals surface area contributed by atoms with Crippen LogP contribution in [0, 0.1) is 5.82 Å². The van der Waals surface area contributed by atoms with Gasteiger partial charge in [-0.2, -0.15) is 19.0 Å². The van der Waals surface area contributed by atoms with E-state index < -0.39 is 18.5 Å². The molecule has 0 saturated heterocycles. The van der Waals surface area contributed by atoms with Gasteiger partial charge in [0.2, 0.25) is 0 Å². The van der Waals surface area contributed by atoms with E-state index in [4.69, 9.17) is 17.3 Å². The Morgan fingerprint density at radius 3 is 2.58 bits per heavy atom. The molecule has 3 aromatic heterocycles. The number of hydrogen-bond acceptors (Lipinski definition) is 5. The molecule has 0 fully saturated rings. The molecule has 1 atom stereocenters. The van der Waals surface area contributed by atoms with Crippen LogP contribution in [-0.2, 0) is 11.8 Å². The molecule has 0 amide bonds. The molecule has 0 aliphatic carbocycles. The highest BCUT2D eigenvalue weighted by atomic mass is 35.5. The summed E-state index contributed by atoms with van der Waals surface area (Å²) in [5.74, 6) is -0.638. The van der Waals surface area contributed by atoms with Gasteiger partial charge in [-0.25, -0.2) is 4.39 Å². The molecule has 0 aliphatic rings. The number of alkyl halides is 2. The molecule has 7 nitrogen and oxygen atoms in total. The summed E-state index contributed by atoms with van der Waals surface area (Å²) in [4.78, 5) is 4.44. The average molecular weight is 477 g/mol. The summed E-state index contributed by atoms with van der Waals surface area (Å²) in [6, 6.07) is 7.57. The van der Waals surface area contributed by atoms with Crippen molar-refractivity contribution in [1.29, 1.82) is 0 Å². The number of rotatable bonds is 8. The molecule has 0 radical (unpaired) electrons. The molecule has 0 aliphatic heterocycles. The van der Waals surface area contributed by atoms with Crippen LogP contribution in [0.25, 0.3) is 22.4 Å². The van der Waals surface area contributed by atoms with Crippen LogP contribution in [0.1, 0.15) is 18.2 Å². The minimum atomic E-state index is -2.88. The van der Waals surface area contributed by atoms with E-state index in [9.17, 15) is 13.2 Å². The summed E-state index contributed by atoms with van der Waals surface area (Å²) in [5.41, 5.74) is 8.94. The number of nitrogens with zero attached hydrogens (tertiary/aromatic N) is 5. The minimum absolute atomic E-state index is 0.0514. The van der Waals surface area contributed by atoms with Gasteiger partial charge in [-0.05, 0) is 30.7 Å². The highest BCUT2D eigenvalue weighted by Gasteiger charge is 2.20. The number of halogens is 4. The van der Waals surface area contributed by atoms with Gasteiger partial charge >= 0.3 is 6.61 Å². The minimum Gasteiger partial charge on any atom is -0.398 e. The van der Waals surface area contributed by atoms with Crippen molar-refractivity contribution in [2.24, 2.45) is 7.05 Å². The second-order valence-electron chi connectivity index (χ2n) is 7.28. The van der Waals surface area contributed by atoms with Gasteiger partial charge in [0.25, 0.3) is 0 Å². The summed E-state index contributed by atoms with van der Waals surface area (Å²) in [6.07, 6.45) is 6.77. The number of aromatic nitrogens is 5. The molecule has 0 spiro atoms. The standard InChI is InChI=1S/C22H20ClF3N6O/c1-31-18(6-8-29-31)14-11-30-32(12-14)19(7-9-33-22(25)26)17-5-2-13(10-28-17)20-16(27)4-3-15(23)21(20)24/h2-6,8,10-12,19,22H,7,9,27H2,1H3. The van der Waals surface area contributed by atoms with Crippen LogP contribution in [-0.4, -0.2) is 37.8 Å². The van der Waals surface area contributed by atoms with Gasteiger partial charge in [-0.3, -0.25) is 14.3 Å². The maximum atomic E-state index is 14.5. The summed E-state index contributed by atoms with van der Waals surface area (Å²) >= 11 is 5.89. The Kier molecular flexibility index (Phi) is 6.66. The molecular formula is C22H20ClF3N6O. The molecule has 33 heavy (non-hydrogen) atoms. The van der Waals surface area contributed by atoms with E-state index in [0.29, 0.717) is 11.3 Å². The second-order valence-corrected chi connectivity index (χ2v) is 7.69. The number of aryl methyl sites for hydroxylation is 1. The summed E-state index contributed by atoms with van der Waals surface area (Å²) < 4.78 is 47.4. The lowest BCUT2D eigenvalue weighted by atomic mass is 10.0. The van der Waals surface area contributed by atoms with Crippen LogP contribution in [0.5, 0.6) is 0 Å². The summed E-state index contributed by atoms with van der Waals surface area (Å²) in [6.45, 7) is -3.08. The van der Waals surface area contributed by atoms with Crippen molar-refractivity contribution in [2.45, 2.75) is 19.1 Å². The van der Waals surface area contributed by atoms with Gasteiger partial charge in [0, 0.05) is 48.0 Å². The van der Waals surface area contributed by atoms with Gasteiger partial charge in [-0.1, -0.05) is 17.7 Å². The van der Waals surface area contributed by atoms with E-state index in [2.05, 4.69) is 19.9 Å². The quantitative estimate of drug-likeness (QED) is 0.364. The molecule has 1 aromatic carbocycles. The fourth-order valence-electron chi connectivity index (χ4n) is 3.59. The van der Waals surface area contributed by atoms with Crippen LogP contribution in [0.15, 0.2) is 55.1 Å².